The summed E-state index contributed by atoms with van der Waals surface area (Å²) in [5, 5.41) is 0. The third kappa shape index (κ3) is 587000. The summed E-state index contributed by atoms with van der Waals surface area (Å²) < 4.78 is 17.0. The van der Waals surface area contributed by atoms with Crippen molar-refractivity contribution in [1.29, 1.82) is 0 Å². The van der Waals surface area contributed by atoms with E-state index in [2.05, 4.69) is 0 Å². The number of hydrogen-bond acceptors (Lipinski definition) is 6. The van der Waals surface area contributed by atoms with Crippen LogP contribution in [0.2, 0.25) is 0 Å². The van der Waals surface area contributed by atoms with Crippen LogP contribution in [0.5, 0.6) is 0 Å². The van der Waals surface area contributed by atoms with Crippen molar-refractivity contribution in [2.45, 2.75) is 0 Å². The molecule has 0 aromatic carbocycles. The molecule has 10 heteroatoms. The maximum atomic E-state index is 8.52. The van der Waals surface area contributed by atoms with E-state index in [0.717, 1.165) is 0 Å². The van der Waals surface area contributed by atoms with Gasteiger partial charge in [0.15, 0.2) is 0 Å². The Kier molecular flexibility index (Phi) is 36.0. The molecule has 0 unspecified atom stereocenters. The second-order valence-corrected chi connectivity index (χ2v) is 1.50. The molecule has 0 aromatic heterocycles. The van der Waals surface area contributed by atoms with Gasteiger partial charge in [-0.05, 0) is 0 Å². The molecule has 48 valence electrons. The third-order valence-corrected chi connectivity index (χ3v) is 0. The molecule has 0 aromatic rings. The number of rotatable bonds is 0. The molecule has 0 amide bonds. The molecule has 0 aliphatic carbocycles. The Morgan fingerprint density at radius 3 is 0.800 bits per heavy atom. The second-order valence-electron chi connectivity index (χ2n) is 0.500. The Morgan fingerprint density at radius 1 is 0.800 bits per heavy atom. The molecule has 0 bridgehead atoms. The number of hydrogen-bond donors (Lipinski definition) is 0. The first kappa shape index (κ1) is 22.5. The molecule has 0 N–H and O–H groups in total. The van der Waals surface area contributed by atoms with Crippen molar-refractivity contribution < 1.29 is 47.6 Å². The summed E-state index contributed by atoms with van der Waals surface area (Å²) in [5.41, 5.74) is 0. The predicted molar refractivity (Wildman–Crippen MR) is 18.6 cm³/mol. The van der Waals surface area contributed by atoms with E-state index < -0.39 is 18.3 Å². The van der Waals surface area contributed by atoms with Gasteiger partial charge in [0.25, 0.3) is 0 Å². The van der Waals surface area contributed by atoms with Gasteiger partial charge in [-0.25, -0.2) is 0 Å². The van der Waals surface area contributed by atoms with Gasteiger partial charge in [0.1, 0.15) is 0 Å². The van der Waals surface area contributed by atoms with Crippen LogP contribution in [0.25, 0.3) is 0 Å². The smallest absolute Gasteiger partial charge is 0.672 e. The van der Waals surface area contributed by atoms with Crippen LogP contribution in [0, 0.1) is 0 Å². The zero-order valence-corrected chi connectivity index (χ0v) is 9.83. The van der Waals surface area contributed by atoms with Crippen molar-refractivity contribution >= 4 is 28.5 Å². The molecule has 0 saturated heterocycles. The minimum absolute atomic E-state index is 0. The van der Waals surface area contributed by atoms with Crippen LogP contribution >= 0.6 is 0 Å². The maximum Gasteiger partial charge on any atom is 2.00 e. The fourth-order valence-electron chi connectivity index (χ4n) is 0. The first-order chi connectivity index (χ1) is 3.46. The van der Waals surface area contributed by atoms with E-state index in [0.29, 0.717) is 0 Å². The molecule has 0 saturated carbocycles. The fraction of sp³-hybridized carbons (Fsp3) is 0. The predicted octanol–water partition coefficient (Wildman–Crippen LogP) is -6.14. The van der Waals surface area contributed by atoms with E-state index in [4.69, 9.17) is 28.1 Å². The largest absolute Gasteiger partial charge is 2.00 e. The van der Waals surface area contributed by atoms with Crippen LogP contribution in [-0.4, -0.2) is 28.5 Å². The van der Waals surface area contributed by atoms with Crippen molar-refractivity contribution in [3.8, 4) is 0 Å². The average molecular weight is 227 g/mol. The molecule has 0 atom stereocenters. The zero-order valence-electron chi connectivity index (χ0n) is 4.86. The fourth-order valence-corrected chi connectivity index (χ4v) is 0. The Labute approximate surface area is 76.3 Å². The molecular formula is BeO6Si2Zn. The molecule has 0 heterocycles. The first-order valence-electron chi connectivity index (χ1n) is 1.22. The minimum Gasteiger partial charge on any atom is -0.672 e. The summed E-state index contributed by atoms with van der Waals surface area (Å²) >= 11 is 0. The van der Waals surface area contributed by atoms with E-state index in [1.54, 1.807) is 0 Å². The summed E-state index contributed by atoms with van der Waals surface area (Å²) in [4.78, 5) is 34.1. The molecule has 6 nitrogen and oxygen atoms in total. The van der Waals surface area contributed by atoms with Gasteiger partial charge < -0.3 is 28.1 Å². The van der Waals surface area contributed by atoms with Gasteiger partial charge >= 0.3 is 29.6 Å². The summed E-state index contributed by atoms with van der Waals surface area (Å²) in [6.07, 6.45) is 0. The second kappa shape index (κ2) is 16.0. The summed E-state index contributed by atoms with van der Waals surface area (Å²) in [5.74, 6) is 0. The van der Waals surface area contributed by atoms with Gasteiger partial charge in [0.2, 0.25) is 0 Å². The maximum absolute atomic E-state index is 8.52. The van der Waals surface area contributed by atoms with Crippen LogP contribution in [0.1, 0.15) is 0 Å². The van der Waals surface area contributed by atoms with Crippen LogP contribution in [0.15, 0.2) is 0 Å². The summed E-state index contributed by atoms with van der Waals surface area (Å²) in [7, 11) is -7.26. The molecule has 0 rings (SSSR count). The van der Waals surface area contributed by atoms with Gasteiger partial charge in [0, 0.05) is 18.3 Å². The average Bonchev–Trinajstić information content (AvgIpc) is 1.25. The SMILES string of the molecule is O=[Si]([O-])[O-].O=[Si]([O-])[O-].[Be+2].[Zn+2]. The zero-order chi connectivity index (χ0) is 7.15. The Morgan fingerprint density at radius 2 is 0.800 bits per heavy atom. The molecule has 10 heavy (non-hydrogen) atoms. The van der Waals surface area contributed by atoms with Crippen LogP contribution in [-0.2, 0) is 28.4 Å². The molecule has 0 aliphatic rings. The van der Waals surface area contributed by atoms with Gasteiger partial charge in [-0.3, -0.25) is 0 Å². The van der Waals surface area contributed by atoms with Crippen molar-refractivity contribution in [3.63, 3.8) is 0 Å². The molecule has 0 radical (unpaired) electrons. The van der Waals surface area contributed by atoms with Crippen LogP contribution in [0.4, 0.5) is 0 Å². The van der Waals surface area contributed by atoms with Crippen molar-refractivity contribution in [2.75, 3.05) is 0 Å². The first-order valence-corrected chi connectivity index (χ1v) is 3.67. The van der Waals surface area contributed by atoms with Gasteiger partial charge in [-0.1, -0.05) is 0 Å². The van der Waals surface area contributed by atoms with E-state index in [1.807, 2.05) is 0 Å². The van der Waals surface area contributed by atoms with Crippen molar-refractivity contribution in [3.05, 3.63) is 0 Å². The van der Waals surface area contributed by atoms with E-state index >= 15 is 0 Å². The normalized spacial score (nSPS) is 4.80. The van der Waals surface area contributed by atoms with Gasteiger partial charge in [-0.15, -0.1) is 0 Å². The molecule has 0 spiro atoms. The Balaban J connectivity index is -0.0000000300. The van der Waals surface area contributed by atoms with Crippen LogP contribution < -0.4 is 19.2 Å². The van der Waals surface area contributed by atoms with Crippen LogP contribution in [0.3, 0.4) is 0 Å². The molecule has 0 fully saturated rings. The van der Waals surface area contributed by atoms with Gasteiger partial charge in [0.05, 0.1) is 0 Å². The minimum atomic E-state index is -3.63. The monoisotopic (exact) mass is 225 g/mol. The topological polar surface area (TPSA) is 126 Å². The quantitative estimate of drug-likeness (QED) is 0.378. The van der Waals surface area contributed by atoms with E-state index in [9.17, 15) is 0 Å². The molecule has 0 aliphatic heterocycles. The standard InChI is InChI=1S/Be.2O3Si.Zn/c;2*1-4(2)3;/q+2;2*-2;+2. The van der Waals surface area contributed by atoms with E-state index in [-0.39, 0.29) is 29.6 Å². The summed E-state index contributed by atoms with van der Waals surface area (Å²) in [6, 6.07) is 0. The van der Waals surface area contributed by atoms with Crippen molar-refractivity contribution in [1.82, 2.24) is 0 Å². The third-order valence-electron chi connectivity index (χ3n) is 0. The Hall–Kier alpha value is 0.0260. The Bertz CT molecular complexity index is 73.7. The molecular weight excluding hydrogens is 227 g/mol. The van der Waals surface area contributed by atoms with Crippen molar-refractivity contribution in [2.24, 2.45) is 0 Å². The van der Waals surface area contributed by atoms with E-state index in [1.165, 1.54) is 0 Å². The summed E-state index contributed by atoms with van der Waals surface area (Å²) in [6.45, 7) is 0. The van der Waals surface area contributed by atoms with Gasteiger partial charge in [-0.2, -0.15) is 0 Å².